The SMILES string of the molecule is O=C(CO[C@H]1CC[C@H](Nc2ccc([N+](=O)[O-])c(C(F)(F)F)c2)CC1)N1CCN(C(=O)C2Cc3cc(C(F)(F)F)ccc3O2)CC1. The number of alkyl halides is 6. The highest BCUT2D eigenvalue weighted by Crippen LogP contribution is 2.39. The van der Waals surface area contributed by atoms with Crippen molar-refractivity contribution in [2.45, 2.75) is 62.7 Å². The van der Waals surface area contributed by atoms with Crippen LogP contribution in [-0.2, 0) is 33.1 Å². The lowest BCUT2D eigenvalue weighted by molar-refractivity contribution is -0.388. The van der Waals surface area contributed by atoms with Crippen molar-refractivity contribution in [3.05, 3.63) is 63.2 Å². The molecule has 0 aromatic heterocycles. The van der Waals surface area contributed by atoms with Gasteiger partial charge in [0.2, 0.25) is 5.91 Å². The third-order valence-corrected chi connectivity index (χ3v) is 8.27. The standard InChI is InChI=1S/C29H30F6N4O6/c30-28(31,32)18-1-8-24-17(13-18)14-25(45-24)27(41)38-11-9-37(10-12-38)26(40)16-44-21-5-2-19(3-6-21)36-20-4-7-23(39(42)43)22(15-20)29(33,34)35/h1,4,7-8,13,15,19,21,25,36H,2-3,5-6,9-12,14,16H2/t19-,21-,25?. The molecular formula is C29H30F6N4O6. The maximum atomic E-state index is 13.3. The number of rotatable bonds is 7. The molecule has 1 unspecified atom stereocenters. The molecule has 1 saturated heterocycles. The fraction of sp³-hybridized carbons (Fsp3) is 0.517. The fourth-order valence-electron chi connectivity index (χ4n) is 5.84. The molecule has 2 aliphatic heterocycles. The summed E-state index contributed by atoms with van der Waals surface area (Å²) in [5.41, 5.74) is -2.69. The van der Waals surface area contributed by atoms with Gasteiger partial charge >= 0.3 is 12.4 Å². The molecule has 45 heavy (non-hydrogen) atoms. The second-order valence-corrected chi connectivity index (χ2v) is 11.3. The van der Waals surface area contributed by atoms with Gasteiger partial charge < -0.3 is 24.6 Å². The molecule has 0 radical (unpaired) electrons. The zero-order valence-corrected chi connectivity index (χ0v) is 23.8. The van der Waals surface area contributed by atoms with Gasteiger partial charge in [0.05, 0.1) is 16.6 Å². The van der Waals surface area contributed by atoms with E-state index in [-0.39, 0.29) is 74.6 Å². The summed E-state index contributed by atoms with van der Waals surface area (Å²) in [6.45, 7) is 0.833. The lowest BCUT2D eigenvalue weighted by Crippen LogP contribution is -2.54. The molecule has 244 valence electrons. The van der Waals surface area contributed by atoms with E-state index in [4.69, 9.17) is 9.47 Å². The van der Waals surface area contributed by atoms with Crippen molar-refractivity contribution in [1.82, 2.24) is 9.80 Å². The molecule has 2 aromatic rings. The Hall–Kier alpha value is -4.08. The summed E-state index contributed by atoms with van der Waals surface area (Å²) in [7, 11) is 0. The van der Waals surface area contributed by atoms with E-state index >= 15 is 0 Å². The number of halogens is 6. The van der Waals surface area contributed by atoms with E-state index in [2.05, 4.69) is 5.32 Å². The van der Waals surface area contributed by atoms with Crippen LogP contribution in [0.4, 0.5) is 37.7 Å². The number of carbonyl (C=O) groups is 2. The lowest BCUT2D eigenvalue weighted by Gasteiger charge is -2.36. The second kappa shape index (κ2) is 12.7. The maximum Gasteiger partial charge on any atom is 0.423 e. The first-order chi connectivity index (χ1) is 21.2. The minimum Gasteiger partial charge on any atom is -0.480 e. The van der Waals surface area contributed by atoms with Crippen LogP contribution in [0.25, 0.3) is 0 Å². The Morgan fingerprint density at radius 2 is 1.60 bits per heavy atom. The summed E-state index contributed by atoms with van der Waals surface area (Å²) >= 11 is 0. The van der Waals surface area contributed by atoms with E-state index in [9.17, 15) is 46.0 Å². The highest BCUT2D eigenvalue weighted by molar-refractivity contribution is 5.83. The summed E-state index contributed by atoms with van der Waals surface area (Å²) in [6, 6.07) is 5.77. The summed E-state index contributed by atoms with van der Waals surface area (Å²) in [6.07, 6.45) is -8.25. The quantitative estimate of drug-likeness (QED) is 0.255. The van der Waals surface area contributed by atoms with Crippen LogP contribution in [0.15, 0.2) is 36.4 Å². The van der Waals surface area contributed by atoms with Gasteiger partial charge in [-0.05, 0) is 61.6 Å². The van der Waals surface area contributed by atoms with Gasteiger partial charge in [0.25, 0.3) is 11.6 Å². The first-order valence-electron chi connectivity index (χ1n) is 14.4. The molecule has 0 spiro atoms. The number of nitrogens with one attached hydrogen (secondary N) is 1. The number of hydrogen-bond donors (Lipinski definition) is 1. The molecule has 2 aromatic carbocycles. The van der Waals surface area contributed by atoms with Crippen molar-refractivity contribution in [2.24, 2.45) is 0 Å². The second-order valence-electron chi connectivity index (χ2n) is 11.3. The number of piperazine rings is 1. The van der Waals surface area contributed by atoms with Gasteiger partial charge in [-0.15, -0.1) is 0 Å². The van der Waals surface area contributed by atoms with E-state index in [0.29, 0.717) is 31.2 Å². The third kappa shape index (κ3) is 7.60. The van der Waals surface area contributed by atoms with Gasteiger partial charge in [-0.2, -0.15) is 26.3 Å². The smallest absolute Gasteiger partial charge is 0.423 e. The van der Waals surface area contributed by atoms with Gasteiger partial charge in [-0.1, -0.05) is 0 Å². The highest BCUT2D eigenvalue weighted by Gasteiger charge is 2.39. The van der Waals surface area contributed by atoms with E-state index < -0.39 is 40.2 Å². The molecule has 3 aliphatic rings. The minimum absolute atomic E-state index is 0.0330. The maximum absolute atomic E-state index is 13.3. The molecule has 5 rings (SSSR count). The Bertz CT molecular complexity index is 1440. The van der Waals surface area contributed by atoms with Crippen LogP contribution >= 0.6 is 0 Å². The number of benzene rings is 2. The van der Waals surface area contributed by atoms with Crippen LogP contribution in [0.1, 0.15) is 42.4 Å². The topological polar surface area (TPSA) is 114 Å². The first-order valence-corrected chi connectivity index (χ1v) is 14.4. The summed E-state index contributed by atoms with van der Waals surface area (Å²) in [5, 5.41) is 14.0. The van der Waals surface area contributed by atoms with Crippen LogP contribution < -0.4 is 10.1 Å². The number of nitro groups is 1. The van der Waals surface area contributed by atoms with Crippen LogP contribution in [0, 0.1) is 10.1 Å². The molecule has 16 heteroatoms. The van der Waals surface area contributed by atoms with Crippen molar-refractivity contribution in [2.75, 3.05) is 38.1 Å². The lowest BCUT2D eigenvalue weighted by atomic mass is 9.92. The minimum atomic E-state index is -4.87. The van der Waals surface area contributed by atoms with Gasteiger partial charge in [0.1, 0.15) is 17.9 Å². The molecule has 1 atom stereocenters. The largest absolute Gasteiger partial charge is 0.480 e. The summed E-state index contributed by atoms with van der Waals surface area (Å²) in [5.74, 6) is -0.354. The van der Waals surface area contributed by atoms with E-state index in [1.165, 1.54) is 17.0 Å². The number of hydrogen-bond acceptors (Lipinski definition) is 7. The number of nitro benzene ring substituents is 1. The molecule has 1 N–H and O–H groups in total. The average molecular weight is 645 g/mol. The normalized spacial score (nSPS) is 22.0. The number of anilines is 1. The molecule has 2 fully saturated rings. The van der Waals surface area contributed by atoms with Crippen molar-refractivity contribution >= 4 is 23.2 Å². The number of nitrogens with zero attached hydrogens (tertiary/aromatic N) is 3. The first kappa shape index (κ1) is 32.3. The van der Waals surface area contributed by atoms with Gasteiger partial charge in [-0.3, -0.25) is 19.7 Å². The predicted octanol–water partition coefficient (Wildman–Crippen LogP) is 5.05. The summed E-state index contributed by atoms with van der Waals surface area (Å²) in [4.78, 5) is 38.7. The Morgan fingerprint density at radius 3 is 2.22 bits per heavy atom. The monoisotopic (exact) mass is 644 g/mol. The zero-order valence-electron chi connectivity index (χ0n) is 23.8. The average Bonchev–Trinajstić information content (AvgIpc) is 3.43. The molecule has 0 bridgehead atoms. The molecule has 1 saturated carbocycles. The van der Waals surface area contributed by atoms with Crippen LogP contribution in [0.3, 0.4) is 0 Å². The molecule has 1 aliphatic carbocycles. The molecular weight excluding hydrogens is 614 g/mol. The third-order valence-electron chi connectivity index (χ3n) is 8.27. The van der Waals surface area contributed by atoms with Crippen LogP contribution in [0.2, 0.25) is 0 Å². The van der Waals surface area contributed by atoms with Gasteiger partial charge in [0, 0.05) is 50.4 Å². The van der Waals surface area contributed by atoms with Crippen LogP contribution in [0.5, 0.6) is 5.75 Å². The molecule has 2 amide bonds. The number of carbonyl (C=O) groups excluding carboxylic acids is 2. The van der Waals surface area contributed by atoms with Crippen molar-refractivity contribution in [1.29, 1.82) is 0 Å². The van der Waals surface area contributed by atoms with E-state index in [1.54, 1.807) is 4.90 Å². The van der Waals surface area contributed by atoms with Gasteiger partial charge in [-0.25, -0.2) is 0 Å². The Morgan fingerprint density at radius 1 is 0.933 bits per heavy atom. The van der Waals surface area contributed by atoms with Gasteiger partial charge in [0.15, 0.2) is 6.10 Å². The predicted molar refractivity (Wildman–Crippen MR) is 146 cm³/mol. The fourth-order valence-corrected chi connectivity index (χ4v) is 5.84. The highest BCUT2D eigenvalue weighted by atomic mass is 19.4. The number of ether oxygens (including phenoxy) is 2. The van der Waals surface area contributed by atoms with E-state index in [1.807, 2.05) is 0 Å². The zero-order chi connectivity index (χ0) is 32.5. The van der Waals surface area contributed by atoms with E-state index in [0.717, 1.165) is 24.3 Å². The Labute approximate surface area is 253 Å². The van der Waals surface area contributed by atoms with Crippen molar-refractivity contribution in [3.8, 4) is 5.75 Å². The van der Waals surface area contributed by atoms with Crippen molar-refractivity contribution in [3.63, 3.8) is 0 Å². The molecule has 10 nitrogen and oxygen atoms in total. The van der Waals surface area contributed by atoms with Crippen LogP contribution in [-0.4, -0.2) is 77.6 Å². The number of amides is 2. The molecule has 2 heterocycles. The number of fused-ring (bicyclic) bond motifs is 1. The Balaban J connectivity index is 1.03. The summed E-state index contributed by atoms with van der Waals surface area (Å²) < 4.78 is 90.3. The van der Waals surface area contributed by atoms with Crippen molar-refractivity contribution < 1.29 is 50.3 Å². The Kier molecular flexibility index (Phi) is 9.14.